The van der Waals surface area contributed by atoms with Crippen molar-refractivity contribution in [3.8, 4) is 0 Å². The predicted octanol–water partition coefficient (Wildman–Crippen LogP) is 2.42. The maximum absolute atomic E-state index is 12.4. The average Bonchev–Trinajstić information content (AvgIpc) is 3.00. The Hall–Kier alpha value is -2.11. The molecule has 3 rings (SSSR count). The normalized spacial score (nSPS) is 18.3. The number of hydrogen-bond donors (Lipinski definition) is 1. The Kier molecular flexibility index (Phi) is 5.02. The van der Waals surface area contributed by atoms with Crippen molar-refractivity contribution < 1.29 is 4.79 Å². The predicted molar refractivity (Wildman–Crippen MR) is 95.1 cm³/mol. The van der Waals surface area contributed by atoms with Gasteiger partial charge in [0.2, 0.25) is 11.9 Å². The first-order valence-electron chi connectivity index (χ1n) is 8.89. The number of fused-ring (bicyclic) bond motifs is 1. The van der Waals surface area contributed by atoms with Crippen LogP contribution in [0.15, 0.2) is 18.2 Å². The van der Waals surface area contributed by atoms with Crippen LogP contribution in [0.5, 0.6) is 0 Å². The molecule has 1 saturated heterocycles. The standard InChI is InChI=1S/C18H27N5O/c1-13(2)9-10-19-17(24)15-7-5-11-22(12-15)18-21-20-16-8-4-6-14(3)23(16)18/h4,6,8,13,15H,5,7,9-12H2,1-3H3,(H,19,24)/t15-/m0/s1. The number of nitrogens with zero attached hydrogens (tertiary/aromatic N) is 4. The summed E-state index contributed by atoms with van der Waals surface area (Å²) in [6.45, 7) is 8.80. The molecule has 0 unspecified atom stereocenters. The van der Waals surface area contributed by atoms with E-state index in [9.17, 15) is 4.79 Å². The molecule has 1 N–H and O–H groups in total. The minimum atomic E-state index is 0.0299. The lowest BCUT2D eigenvalue weighted by Gasteiger charge is -2.32. The molecule has 3 heterocycles. The second-order valence-electron chi connectivity index (χ2n) is 7.12. The average molecular weight is 329 g/mol. The number of anilines is 1. The summed E-state index contributed by atoms with van der Waals surface area (Å²) in [6.07, 6.45) is 2.97. The Morgan fingerprint density at radius 1 is 1.38 bits per heavy atom. The molecule has 1 fully saturated rings. The van der Waals surface area contributed by atoms with E-state index in [1.54, 1.807) is 0 Å². The van der Waals surface area contributed by atoms with Crippen LogP contribution in [0.4, 0.5) is 5.95 Å². The van der Waals surface area contributed by atoms with Gasteiger partial charge in [-0.3, -0.25) is 9.20 Å². The molecule has 0 saturated carbocycles. The van der Waals surface area contributed by atoms with Crippen molar-refractivity contribution >= 4 is 17.5 Å². The molecule has 24 heavy (non-hydrogen) atoms. The molecule has 0 spiro atoms. The van der Waals surface area contributed by atoms with Crippen LogP contribution < -0.4 is 10.2 Å². The zero-order valence-corrected chi connectivity index (χ0v) is 14.8. The lowest BCUT2D eigenvalue weighted by atomic mass is 9.97. The van der Waals surface area contributed by atoms with Crippen molar-refractivity contribution in [2.45, 2.75) is 40.0 Å². The largest absolute Gasteiger partial charge is 0.356 e. The molecule has 0 aromatic carbocycles. The van der Waals surface area contributed by atoms with Gasteiger partial charge in [0.15, 0.2) is 5.65 Å². The molecule has 6 heteroatoms. The molecular weight excluding hydrogens is 302 g/mol. The fourth-order valence-corrected chi connectivity index (χ4v) is 3.29. The van der Waals surface area contributed by atoms with E-state index in [2.05, 4.69) is 51.7 Å². The van der Waals surface area contributed by atoms with Gasteiger partial charge >= 0.3 is 0 Å². The number of aryl methyl sites for hydroxylation is 1. The van der Waals surface area contributed by atoms with E-state index >= 15 is 0 Å². The van der Waals surface area contributed by atoms with E-state index in [1.807, 2.05) is 12.1 Å². The highest BCUT2D eigenvalue weighted by Crippen LogP contribution is 2.23. The van der Waals surface area contributed by atoms with Gasteiger partial charge in [-0.1, -0.05) is 19.9 Å². The van der Waals surface area contributed by atoms with Crippen molar-refractivity contribution in [1.29, 1.82) is 0 Å². The zero-order chi connectivity index (χ0) is 17.1. The Labute approximate surface area is 143 Å². The van der Waals surface area contributed by atoms with Crippen molar-refractivity contribution in [2.24, 2.45) is 11.8 Å². The lowest BCUT2D eigenvalue weighted by molar-refractivity contribution is -0.125. The quantitative estimate of drug-likeness (QED) is 0.915. The second kappa shape index (κ2) is 7.20. The number of rotatable bonds is 5. The van der Waals surface area contributed by atoms with Crippen molar-refractivity contribution in [3.05, 3.63) is 23.9 Å². The summed E-state index contributed by atoms with van der Waals surface area (Å²) in [4.78, 5) is 14.6. The number of piperidine rings is 1. The number of carbonyl (C=O) groups is 1. The van der Waals surface area contributed by atoms with Gasteiger partial charge in [-0.2, -0.15) is 0 Å². The van der Waals surface area contributed by atoms with E-state index in [0.29, 0.717) is 12.5 Å². The number of carbonyl (C=O) groups excluding carboxylic acids is 1. The molecule has 6 nitrogen and oxygen atoms in total. The van der Waals surface area contributed by atoms with E-state index in [-0.39, 0.29) is 11.8 Å². The highest BCUT2D eigenvalue weighted by atomic mass is 16.1. The minimum absolute atomic E-state index is 0.0299. The van der Waals surface area contributed by atoms with Crippen molar-refractivity contribution in [1.82, 2.24) is 19.9 Å². The summed E-state index contributed by atoms with van der Waals surface area (Å²) in [6, 6.07) is 6.01. The van der Waals surface area contributed by atoms with Gasteiger partial charge in [0.25, 0.3) is 0 Å². The number of pyridine rings is 1. The highest BCUT2D eigenvalue weighted by molar-refractivity contribution is 5.79. The molecule has 0 bridgehead atoms. The fraction of sp³-hybridized carbons (Fsp3) is 0.611. The Bertz CT molecular complexity index is 708. The third-order valence-corrected chi connectivity index (χ3v) is 4.70. The van der Waals surface area contributed by atoms with Crippen LogP contribution in [0.1, 0.15) is 38.8 Å². The van der Waals surface area contributed by atoms with Crippen LogP contribution in [-0.4, -0.2) is 40.1 Å². The number of hydrogen-bond acceptors (Lipinski definition) is 4. The molecule has 2 aromatic rings. The third-order valence-electron chi connectivity index (χ3n) is 4.70. The van der Waals surface area contributed by atoms with Crippen LogP contribution in [0.25, 0.3) is 5.65 Å². The first-order chi connectivity index (χ1) is 11.6. The van der Waals surface area contributed by atoms with E-state index in [4.69, 9.17) is 0 Å². The van der Waals surface area contributed by atoms with Gasteiger partial charge in [-0.05, 0) is 44.2 Å². The fourth-order valence-electron chi connectivity index (χ4n) is 3.29. The number of aromatic nitrogens is 3. The summed E-state index contributed by atoms with van der Waals surface area (Å²) in [5.41, 5.74) is 1.96. The number of amides is 1. The monoisotopic (exact) mass is 329 g/mol. The summed E-state index contributed by atoms with van der Waals surface area (Å²) in [5.74, 6) is 1.66. The maximum atomic E-state index is 12.4. The van der Waals surface area contributed by atoms with Crippen LogP contribution >= 0.6 is 0 Å². The summed E-state index contributed by atoms with van der Waals surface area (Å²) >= 11 is 0. The SMILES string of the molecule is Cc1cccc2nnc(N3CCC[C@H](C(=O)NCCC(C)C)C3)n12. The molecule has 1 amide bonds. The van der Waals surface area contributed by atoms with Gasteiger partial charge in [0, 0.05) is 25.3 Å². The maximum Gasteiger partial charge on any atom is 0.231 e. The van der Waals surface area contributed by atoms with E-state index in [1.165, 1.54) is 0 Å². The molecule has 2 aromatic heterocycles. The zero-order valence-electron chi connectivity index (χ0n) is 14.8. The first-order valence-corrected chi connectivity index (χ1v) is 8.89. The Morgan fingerprint density at radius 2 is 2.21 bits per heavy atom. The van der Waals surface area contributed by atoms with Crippen LogP contribution in [0, 0.1) is 18.8 Å². The summed E-state index contributed by atoms with van der Waals surface area (Å²) in [7, 11) is 0. The van der Waals surface area contributed by atoms with Crippen LogP contribution in [-0.2, 0) is 4.79 Å². The van der Waals surface area contributed by atoms with Gasteiger partial charge < -0.3 is 10.2 Å². The van der Waals surface area contributed by atoms with Gasteiger partial charge in [-0.15, -0.1) is 10.2 Å². The van der Waals surface area contributed by atoms with Crippen molar-refractivity contribution in [3.63, 3.8) is 0 Å². The summed E-state index contributed by atoms with van der Waals surface area (Å²) in [5, 5.41) is 11.7. The van der Waals surface area contributed by atoms with Crippen molar-refractivity contribution in [2.75, 3.05) is 24.5 Å². The molecule has 130 valence electrons. The Balaban J connectivity index is 1.70. The van der Waals surface area contributed by atoms with Crippen LogP contribution in [0.2, 0.25) is 0 Å². The van der Waals surface area contributed by atoms with E-state index < -0.39 is 0 Å². The minimum Gasteiger partial charge on any atom is -0.356 e. The molecule has 0 radical (unpaired) electrons. The molecular formula is C18H27N5O. The highest BCUT2D eigenvalue weighted by Gasteiger charge is 2.28. The van der Waals surface area contributed by atoms with Gasteiger partial charge in [0.05, 0.1) is 5.92 Å². The Morgan fingerprint density at radius 3 is 3.00 bits per heavy atom. The smallest absolute Gasteiger partial charge is 0.231 e. The first kappa shape index (κ1) is 16.7. The topological polar surface area (TPSA) is 62.5 Å². The van der Waals surface area contributed by atoms with Crippen LogP contribution in [0.3, 0.4) is 0 Å². The number of nitrogens with one attached hydrogen (secondary N) is 1. The second-order valence-corrected chi connectivity index (χ2v) is 7.12. The van der Waals surface area contributed by atoms with Gasteiger partial charge in [-0.25, -0.2) is 0 Å². The molecule has 1 aliphatic heterocycles. The molecule has 1 aliphatic rings. The van der Waals surface area contributed by atoms with Gasteiger partial charge in [0.1, 0.15) is 0 Å². The summed E-state index contributed by atoms with van der Waals surface area (Å²) < 4.78 is 2.07. The van der Waals surface area contributed by atoms with E-state index in [0.717, 1.165) is 49.6 Å². The third kappa shape index (κ3) is 3.52. The molecule has 0 aliphatic carbocycles. The lowest BCUT2D eigenvalue weighted by Crippen LogP contribution is -2.44. The molecule has 1 atom stereocenters.